The number of imide groups is 1. The molecule has 1 saturated carbocycles. The highest BCUT2D eigenvalue weighted by Gasteiger charge is 2.47. The van der Waals surface area contributed by atoms with Crippen LogP contribution in [0.4, 0.5) is 0 Å². The molecule has 36 heavy (non-hydrogen) atoms. The number of piperidine rings is 2. The summed E-state index contributed by atoms with van der Waals surface area (Å²) >= 11 is 0. The molecule has 1 N–H and O–H groups in total. The number of benzene rings is 2. The molecule has 186 valence electrons. The van der Waals surface area contributed by atoms with Gasteiger partial charge in [-0.2, -0.15) is 0 Å². The van der Waals surface area contributed by atoms with Crippen molar-refractivity contribution >= 4 is 17.7 Å². The number of ether oxygens (including phenoxy) is 1. The quantitative estimate of drug-likeness (QED) is 0.673. The molecule has 2 saturated heterocycles. The Balaban J connectivity index is 1.06. The van der Waals surface area contributed by atoms with Gasteiger partial charge in [-0.25, -0.2) is 0 Å². The predicted octanol–water partition coefficient (Wildman–Crippen LogP) is 3.25. The van der Waals surface area contributed by atoms with Crippen LogP contribution in [0.25, 0.3) is 0 Å². The molecule has 0 aromatic heterocycles. The summed E-state index contributed by atoms with van der Waals surface area (Å²) in [7, 11) is 0. The van der Waals surface area contributed by atoms with Crippen LogP contribution in [0.3, 0.4) is 0 Å². The summed E-state index contributed by atoms with van der Waals surface area (Å²) in [5.74, 6) is 0.850. The zero-order valence-corrected chi connectivity index (χ0v) is 20.4. The first-order chi connectivity index (χ1) is 17.5. The van der Waals surface area contributed by atoms with Crippen LogP contribution in [-0.2, 0) is 28.1 Å². The van der Waals surface area contributed by atoms with Gasteiger partial charge in [-0.05, 0) is 68.3 Å². The van der Waals surface area contributed by atoms with E-state index in [0.29, 0.717) is 25.1 Å². The van der Waals surface area contributed by atoms with Gasteiger partial charge in [0, 0.05) is 35.1 Å². The number of nitrogens with one attached hydrogen (secondary N) is 1. The third kappa shape index (κ3) is 3.55. The molecule has 3 fully saturated rings. The van der Waals surface area contributed by atoms with Gasteiger partial charge >= 0.3 is 0 Å². The van der Waals surface area contributed by atoms with Crippen molar-refractivity contribution in [2.45, 2.75) is 69.0 Å². The van der Waals surface area contributed by atoms with Crippen LogP contribution in [-0.4, -0.2) is 53.3 Å². The van der Waals surface area contributed by atoms with E-state index in [-0.39, 0.29) is 29.6 Å². The standard InChI is InChI=1S/C29H31N3O4/c33-25-10-9-24(27(34)30-25)32-16-22-21(28(32)35)7-8-23-26(22)36-17-29(23)11-13-31(14-12-29)15-18-1-3-19(4-2-18)20-5-6-20/h1-4,7-8,20,24H,5-6,9-17H2,(H,30,33,34). The normalized spacial score (nSPS) is 25.1. The minimum Gasteiger partial charge on any atom is -0.492 e. The van der Waals surface area contributed by atoms with Crippen LogP contribution in [0, 0.1) is 0 Å². The van der Waals surface area contributed by atoms with Crippen molar-refractivity contribution in [3.8, 4) is 5.75 Å². The highest BCUT2D eigenvalue weighted by atomic mass is 16.5. The second kappa shape index (κ2) is 8.17. The fraction of sp³-hybridized carbons (Fsp3) is 0.483. The van der Waals surface area contributed by atoms with Gasteiger partial charge in [-0.1, -0.05) is 30.3 Å². The minimum atomic E-state index is -0.602. The Labute approximate surface area is 210 Å². The molecule has 2 aromatic carbocycles. The molecule has 4 aliphatic heterocycles. The number of carbonyl (C=O) groups excluding carboxylic acids is 3. The maximum atomic E-state index is 13.2. The van der Waals surface area contributed by atoms with E-state index in [2.05, 4.69) is 40.5 Å². The number of nitrogens with zero attached hydrogens (tertiary/aromatic N) is 2. The molecule has 1 spiro atoms. The van der Waals surface area contributed by atoms with Crippen molar-refractivity contribution in [2.24, 2.45) is 0 Å². The van der Waals surface area contributed by atoms with Gasteiger partial charge in [0.1, 0.15) is 11.8 Å². The highest BCUT2D eigenvalue weighted by Crippen LogP contribution is 2.49. The Bertz CT molecular complexity index is 1260. The van der Waals surface area contributed by atoms with E-state index in [0.717, 1.165) is 49.7 Å². The van der Waals surface area contributed by atoms with Gasteiger partial charge in [0.25, 0.3) is 5.91 Å². The van der Waals surface area contributed by atoms with Crippen LogP contribution < -0.4 is 10.1 Å². The molecule has 1 atom stereocenters. The van der Waals surface area contributed by atoms with Crippen LogP contribution in [0.15, 0.2) is 36.4 Å². The first-order valence-corrected chi connectivity index (χ1v) is 13.3. The summed E-state index contributed by atoms with van der Waals surface area (Å²) in [4.78, 5) is 41.3. The number of likely N-dealkylation sites (tertiary alicyclic amines) is 1. The second-order valence-corrected chi connectivity index (χ2v) is 11.2. The van der Waals surface area contributed by atoms with Gasteiger partial charge < -0.3 is 9.64 Å². The Morgan fingerprint density at radius 2 is 1.75 bits per heavy atom. The molecular weight excluding hydrogens is 454 g/mol. The number of fused-ring (bicyclic) bond motifs is 4. The van der Waals surface area contributed by atoms with E-state index in [1.165, 1.54) is 29.5 Å². The number of rotatable bonds is 4. The molecule has 7 nitrogen and oxygen atoms in total. The van der Waals surface area contributed by atoms with Crippen LogP contribution in [0.1, 0.15) is 77.1 Å². The summed E-state index contributed by atoms with van der Waals surface area (Å²) in [6.07, 6.45) is 5.37. The third-order valence-electron chi connectivity index (χ3n) is 8.98. The lowest BCUT2D eigenvalue weighted by Crippen LogP contribution is -2.52. The molecule has 2 aromatic rings. The van der Waals surface area contributed by atoms with Crippen LogP contribution >= 0.6 is 0 Å². The monoisotopic (exact) mass is 485 g/mol. The maximum absolute atomic E-state index is 13.2. The summed E-state index contributed by atoms with van der Waals surface area (Å²) in [5.41, 5.74) is 5.59. The van der Waals surface area contributed by atoms with Gasteiger partial charge in [-0.3, -0.25) is 24.6 Å². The fourth-order valence-corrected chi connectivity index (χ4v) is 6.61. The van der Waals surface area contributed by atoms with Crippen molar-refractivity contribution in [2.75, 3.05) is 19.7 Å². The van der Waals surface area contributed by atoms with Gasteiger partial charge in [0.15, 0.2) is 0 Å². The van der Waals surface area contributed by atoms with Crippen molar-refractivity contribution < 1.29 is 19.1 Å². The summed E-state index contributed by atoms with van der Waals surface area (Å²) in [6, 6.07) is 12.6. The maximum Gasteiger partial charge on any atom is 0.255 e. The minimum absolute atomic E-state index is 0.0121. The molecule has 1 aliphatic carbocycles. The van der Waals surface area contributed by atoms with E-state index in [9.17, 15) is 14.4 Å². The van der Waals surface area contributed by atoms with Crippen molar-refractivity contribution in [3.05, 3.63) is 64.2 Å². The van der Waals surface area contributed by atoms with E-state index in [4.69, 9.17) is 4.74 Å². The molecule has 3 amide bonds. The molecule has 0 bridgehead atoms. The number of amides is 3. The fourth-order valence-electron chi connectivity index (χ4n) is 6.61. The average Bonchev–Trinajstić information content (AvgIpc) is 3.60. The summed E-state index contributed by atoms with van der Waals surface area (Å²) in [6.45, 7) is 4.03. The molecular formula is C29H31N3O4. The van der Waals surface area contributed by atoms with Crippen molar-refractivity contribution in [3.63, 3.8) is 0 Å². The van der Waals surface area contributed by atoms with E-state index in [1.807, 2.05) is 6.07 Å². The number of hydrogen-bond acceptors (Lipinski definition) is 5. The lowest BCUT2D eigenvalue weighted by Gasteiger charge is -2.38. The van der Waals surface area contributed by atoms with Crippen LogP contribution in [0.5, 0.6) is 5.75 Å². The lowest BCUT2D eigenvalue weighted by molar-refractivity contribution is -0.136. The van der Waals surface area contributed by atoms with E-state index >= 15 is 0 Å². The van der Waals surface area contributed by atoms with E-state index in [1.54, 1.807) is 4.90 Å². The SMILES string of the molecule is O=C1CCC(N2Cc3c(ccc4c3OCC43CCN(Cc4ccc(C5CC5)cc4)CC3)C2=O)C(=O)N1. The number of hydrogen-bond donors (Lipinski definition) is 1. The zero-order chi connectivity index (χ0) is 24.4. The summed E-state index contributed by atoms with van der Waals surface area (Å²) in [5, 5.41) is 2.38. The number of carbonyl (C=O) groups is 3. The smallest absolute Gasteiger partial charge is 0.255 e. The second-order valence-electron chi connectivity index (χ2n) is 11.2. The molecule has 4 heterocycles. The lowest BCUT2D eigenvalue weighted by atomic mass is 9.74. The predicted molar refractivity (Wildman–Crippen MR) is 133 cm³/mol. The Morgan fingerprint density at radius 1 is 0.972 bits per heavy atom. The molecule has 1 unspecified atom stereocenters. The largest absolute Gasteiger partial charge is 0.492 e. The van der Waals surface area contributed by atoms with Crippen molar-refractivity contribution in [1.29, 1.82) is 0 Å². The van der Waals surface area contributed by atoms with Gasteiger partial charge in [0.05, 0.1) is 13.2 Å². The molecule has 5 aliphatic rings. The molecule has 0 radical (unpaired) electrons. The van der Waals surface area contributed by atoms with Crippen LogP contribution in [0.2, 0.25) is 0 Å². The first kappa shape index (κ1) is 22.0. The van der Waals surface area contributed by atoms with E-state index < -0.39 is 6.04 Å². The van der Waals surface area contributed by atoms with Crippen molar-refractivity contribution in [1.82, 2.24) is 15.1 Å². The highest BCUT2D eigenvalue weighted by molar-refractivity contribution is 6.05. The topological polar surface area (TPSA) is 79.0 Å². The molecule has 7 rings (SSSR count). The Kier molecular flexibility index (Phi) is 5.00. The zero-order valence-electron chi connectivity index (χ0n) is 20.4. The first-order valence-electron chi connectivity index (χ1n) is 13.3. The molecule has 7 heteroatoms. The van der Waals surface area contributed by atoms with Gasteiger partial charge in [-0.15, -0.1) is 0 Å². The third-order valence-corrected chi connectivity index (χ3v) is 8.98. The Hall–Kier alpha value is -3.19. The average molecular weight is 486 g/mol. The summed E-state index contributed by atoms with van der Waals surface area (Å²) < 4.78 is 6.31. The Morgan fingerprint density at radius 3 is 2.47 bits per heavy atom. The van der Waals surface area contributed by atoms with Gasteiger partial charge in [0.2, 0.25) is 11.8 Å².